The second kappa shape index (κ2) is 12.7. The number of aromatic amines is 2. The summed E-state index contributed by atoms with van der Waals surface area (Å²) in [6.07, 6.45) is 0. The minimum absolute atomic E-state index is 0. The predicted molar refractivity (Wildman–Crippen MR) is 205 cm³/mol. The van der Waals surface area contributed by atoms with Gasteiger partial charge in [-0.2, -0.15) is 33.7 Å². The van der Waals surface area contributed by atoms with E-state index in [1.165, 1.54) is 12.1 Å². The number of benzene rings is 4. The largest absolute Gasteiger partial charge is 0.324 e. The number of hydrogen-bond donors (Lipinski definition) is 6. The van der Waals surface area contributed by atoms with Gasteiger partial charge in [-0.15, -0.1) is 0 Å². The highest BCUT2D eigenvalue weighted by molar-refractivity contribution is 7.91. The van der Waals surface area contributed by atoms with Crippen LogP contribution in [-0.4, -0.2) is 109 Å². The van der Waals surface area contributed by atoms with Crippen LogP contribution >= 0.6 is 0 Å². The monoisotopic (exact) mass is 864 g/mol. The van der Waals surface area contributed by atoms with Crippen molar-refractivity contribution < 1.29 is 51.9 Å². The summed E-state index contributed by atoms with van der Waals surface area (Å²) in [5.74, 6) is -0.428. The molecule has 8 bridgehead atoms. The number of hydrogen-bond acceptors (Lipinski definition) is 14. The summed E-state index contributed by atoms with van der Waals surface area (Å²) in [5.41, 5.74) is 0.187. The molecule has 0 fully saturated rings. The maximum absolute atomic E-state index is 13.2. The molecule has 0 unspecified atom stereocenters. The van der Waals surface area contributed by atoms with Gasteiger partial charge in [0.05, 0.1) is 10.8 Å². The van der Waals surface area contributed by atoms with Gasteiger partial charge in [0, 0.05) is 33.0 Å². The zero-order chi connectivity index (χ0) is 39.7. The van der Waals surface area contributed by atoms with Crippen molar-refractivity contribution in [3.05, 3.63) is 72.8 Å². The molecule has 4 aromatic carbocycles. The van der Waals surface area contributed by atoms with Gasteiger partial charge in [-0.25, -0.2) is 29.9 Å². The molecule has 0 radical (unpaired) electrons. The van der Waals surface area contributed by atoms with Crippen molar-refractivity contribution in [2.75, 3.05) is 0 Å². The topological polar surface area (TPSA) is 326 Å². The van der Waals surface area contributed by atoms with Gasteiger partial charge in [-0.05, 0) is 0 Å². The lowest BCUT2D eigenvalue weighted by molar-refractivity contribution is 0.449. The van der Waals surface area contributed by atoms with Crippen LogP contribution in [0.2, 0.25) is 0 Å². The molecule has 25 heteroatoms. The molecule has 2 aliphatic heterocycles. The molecule has 0 amide bonds. The van der Waals surface area contributed by atoms with Gasteiger partial charge in [0.15, 0.2) is 40.7 Å². The minimum Gasteiger partial charge on any atom is -0.324 e. The fourth-order valence-corrected chi connectivity index (χ4v) is 11.7. The van der Waals surface area contributed by atoms with Crippen molar-refractivity contribution in [1.82, 2.24) is 39.9 Å². The molecule has 0 saturated heterocycles. The SMILES string of the molecule is O=S(=O)(O)c1c(S(=O)(=O)O)c(S(=O)(=O)O)c2c3nc4nc(nc5[nH]c(nc6nc(nc([nH]3)c2c1S(=O)(=O)O)-c1ccccc1-6)c1ccccc51)-c1ccccc1-4.[AlH3]. The van der Waals surface area contributed by atoms with E-state index in [4.69, 9.17) is 9.97 Å². The van der Waals surface area contributed by atoms with Crippen molar-refractivity contribution in [1.29, 1.82) is 0 Å². The minimum atomic E-state index is -6.24. The van der Waals surface area contributed by atoms with E-state index < -0.39 is 82.1 Å². The molecule has 288 valence electrons. The molecule has 3 aromatic heterocycles. The van der Waals surface area contributed by atoms with E-state index in [-0.39, 0.29) is 51.8 Å². The van der Waals surface area contributed by atoms with E-state index in [1.54, 1.807) is 60.7 Å². The van der Waals surface area contributed by atoms with Gasteiger partial charge in [0.25, 0.3) is 40.5 Å². The second-order valence-corrected chi connectivity index (χ2v) is 17.6. The van der Waals surface area contributed by atoms with Crippen LogP contribution in [-0.2, 0) is 40.5 Å². The third-order valence-corrected chi connectivity index (χ3v) is 12.9. The van der Waals surface area contributed by atoms with Crippen molar-refractivity contribution >= 4 is 102 Å². The van der Waals surface area contributed by atoms with Gasteiger partial charge in [0.2, 0.25) is 0 Å². The van der Waals surface area contributed by atoms with Crippen LogP contribution in [0.3, 0.4) is 0 Å². The quantitative estimate of drug-likeness (QED) is 0.109. The summed E-state index contributed by atoms with van der Waals surface area (Å²) in [4.78, 5) is 24.5. The Morgan fingerprint density at radius 2 is 0.632 bits per heavy atom. The molecule has 0 saturated carbocycles. The van der Waals surface area contributed by atoms with E-state index in [9.17, 15) is 51.9 Å². The summed E-state index contributed by atoms with van der Waals surface area (Å²) in [6, 6.07) is 19.9. The first-order valence-electron chi connectivity index (χ1n) is 15.5. The summed E-state index contributed by atoms with van der Waals surface area (Å²) < 4.78 is 146. The highest BCUT2D eigenvalue weighted by atomic mass is 32.2. The first-order valence-corrected chi connectivity index (χ1v) is 21.3. The van der Waals surface area contributed by atoms with Crippen LogP contribution < -0.4 is 0 Å². The molecule has 0 aliphatic carbocycles. The first-order chi connectivity index (χ1) is 26.3. The maximum Gasteiger partial charge on any atom is 0.297 e. The van der Waals surface area contributed by atoms with Gasteiger partial charge < -0.3 is 9.97 Å². The van der Waals surface area contributed by atoms with E-state index in [0.29, 0.717) is 33.2 Å². The molecule has 9 rings (SSSR count). The van der Waals surface area contributed by atoms with Crippen LogP contribution in [0.15, 0.2) is 92.4 Å². The highest BCUT2D eigenvalue weighted by Gasteiger charge is 2.43. The molecule has 0 spiro atoms. The second-order valence-electron chi connectivity index (χ2n) is 12.2. The Labute approximate surface area is 329 Å². The van der Waals surface area contributed by atoms with Gasteiger partial charge in [-0.3, -0.25) is 18.2 Å². The smallest absolute Gasteiger partial charge is 0.297 e. The molecule has 0 atom stereocenters. The molecular formula is C32H21AlN8O12S4. The first kappa shape index (κ1) is 38.3. The van der Waals surface area contributed by atoms with Gasteiger partial charge in [-0.1, -0.05) is 72.8 Å². The van der Waals surface area contributed by atoms with Crippen LogP contribution in [0.5, 0.6) is 0 Å². The average Bonchev–Trinajstić information content (AvgIpc) is 3.84. The van der Waals surface area contributed by atoms with Crippen molar-refractivity contribution in [3.63, 3.8) is 0 Å². The lowest BCUT2D eigenvalue weighted by Crippen LogP contribution is -2.19. The Kier molecular flexibility index (Phi) is 8.54. The fourth-order valence-electron chi connectivity index (χ4n) is 6.75. The zero-order valence-corrected chi connectivity index (χ0v) is 30.6. The van der Waals surface area contributed by atoms with Crippen LogP contribution in [0.4, 0.5) is 0 Å². The molecule has 57 heavy (non-hydrogen) atoms. The maximum atomic E-state index is 13.2. The lowest BCUT2D eigenvalue weighted by Gasteiger charge is -2.14. The standard InChI is InChI=1S/C32H18N8O12S4.Al.3H/c41-53(42,43)21-19-20(22(54(44,45)46)24(56(50,51)52)23(21)55(47,48)49)32-39-30-18-12-6-4-10-16(18)28(37-30)35-26-14-8-2-1-7-13(14)25(33-26)34-27-15-9-3-5-11-17(15)29(36-27)38-31(19)40-32;;;;/h1-12H,(H,41,42,43)(H,44,45,46)(H,47,48,49)(H,50,51,52)(H2,33,34,35,36,37,38,39,40);;;;. The van der Waals surface area contributed by atoms with Crippen LogP contribution in [0, 0.1) is 0 Å². The zero-order valence-electron chi connectivity index (χ0n) is 27.3. The Balaban J connectivity index is 0.00000455. The lowest BCUT2D eigenvalue weighted by atomic mass is 10.1. The fraction of sp³-hybridized carbons (Fsp3) is 0. The number of aromatic nitrogens is 8. The van der Waals surface area contributed by atoms with E-state index in [1.807, 2.05) is 0 Å². The van der Waals surface area contributed by atoms with Crippen molar-refractivity contribution in [2.24, 2.45) is 0 Å². The number of fused-ring (bicyclic) bond motifs is 20. The van der Waals surface area contributed by atoms with Crippen molar-refractivity contribution in [2.45, 2.75) is 19.6 Å². The summed E-state index contributed by atoms with van der Waals surface area (Å²) in [7, 11) is -24.6. The van der Waals surface area contributed by atoms with Crippen LogP contribution in [0.1, 0.15) is 0 Å². The summed E-state index contributed by atoms with van der Waals surface area (Å²) >= 11 is 0. The number of H-pyrrole nitrogens is 2. The van der Waals surface area contributed by atoms with E-state index in [2.05, 4.69) is 29.9 Å². The van der Waals surface area contributed by atoms with Crippen LogP contribution in [0.25, 0.3) is 89.7 Å². The Bertz CT molecular complexity index is 3380. The van der Waals surface area contributed by atoms with Gasteiger partial charge >= 0.3 is 0 Å². The van der Waals surface area contributed by atoms with E-state index in [0.717, 1.165) is 0 Å². The third-order valence-electron chi connectivity index (χ3n) is 8.85. The molecule has 7 aromatic rings. The summed E-state index contributed by atoms with van der Waals surface area (Å²) in [6.45, 7) is 0. The number of nitrogens with zero attached hydrogens (tertiary/aromatic N) is 6. The van der Waals surface area contributed by atoms with Gasteiger partial charge in [0.1, 0.15) is 42.2 Å². The Morgan fingerprint density at radius 1 is 0.368 bits per heavy atom. The van der Waals surface area contributed by atoms with E-state index >= 15 is 0 Å². The molecule has 2 aliphatic rings. The third kappa shape index (κ3) is 6.08. The molecule has 6 N–H and O–H groups in total. The average molecular weight is 865 g/mol. The number of nitrogens with one attached hydrogen (secondary N) is 2. The Hall–Kier alpha value is -5.59. The predicted octanol–water partition coefficient (Wildman–Crippen LogP) is 2.67. The number of rotatable bonds is 4. The Morgan fingerprint density at radius 3 is 0.930 bits per heavy atom. The normalized spacial score (nSPS) is 13.0. The molecule has 5 heterocycles. The summed E-state index contributed by atoms with van der Waals surface area (Å²) in [5, 5.41) is -1.17. The highest BCUT2D eigenvalue weighted by Crippen LogP contribution is 2.45. The molecule has 20 nitrogen and oxygen atoms in total. The molecular weight excluding hydrogens is 844 g/mol. The van der Waals surface area contributed by atoms with Crippen molar-refractivity contribution in [3.8, 4) is 45.6 Å².